The standard InChI is InChI=1S/C14H18N4O2S/c1-4-21(19,20)18-14-8-7-13(16-17-14)15-12-6-5-10(2)9-11(12)3/h5-9H,4H2,1-3H3,(H,15,16)(H,17,18). The van der Waals surface area contributed by atoms with E-state index in [1.165, 1.54) is 5.56 Å². The second kappa shape index (κ2) is 6.09. The quantitative estimate of drug-likeness (QED) is 0.887. The first-order valence-electron chi connectivity index (χ1n) is 6.58. The molecule has 0 radical (unpaired) electrons. The van der Waals surface area contributed by atoms with Crippen LogP contribution in [0.25, 0.3) is 0 Å². The van der Waals surface area contributed by atoms with Crippen molar-refractivity contribution in [2.24, 2.45) is 0 Å². The van der Waals surface area contributed by atoms with E-state index < -0.39 is 10.0 Å². The van der Waals surface area contributed by atoms with E-state index in [1.807, 2.05) is 26.0 Å². The van der Waals surface area contributed by atoms with Crippen molar-refractivity contribution in [1.29, 1.82) is 0 Å². The number of aryl methyl sites for hydroxylation is 2. The van der Waals surface area contributed by atoms with Crippen molar-refractivity contribution in [1.82, 2.24) is 10.2 Å². The molecule has 1 aromatic carbocycles. The maximum absolute atomic E-state index is 11.4. The van der Waals surface area contributed by atoms with Gasteiger partial charge in [0.1, 0.15) is 0 Å². The summed E-state index contributed by atoms with van der Waals surface area (Å²) < 4.78 is 25.2. The van der Waals surface area contributed by atoms with Crippen molar-refractivity contribution < 1.29 is 8.42 Å². The van der Waals surface area contributed by atoms with Crippen LogP contribution in [0.5, 0.6) is 0 Å². The highest BCUT2D eigenvalue weighted by molar-refractivity contribution is 7.92. The van der Waals surface area contributed by atoms with E-state index in [9.17, 15) is 8.42 Å². The Hall–Kier alpha value is -2.15. The van der Waals surface area contributed by atoms with Crippen molar-refractivity contribution in [2.45, 2.75) is 20.8 Å². The van der Waals surface area contributed by atoms with Crippen LogP contribution in [-0.2, 0) is 10.0 Å². The summed E-state index contributed by atoms with van der Waals surface area (Å²) in [6, 6.07) is 9.30. The highest BCUT2D eigenvalue weighted by atomic mass is 32.2. The number of anilines is 3. The summed E-state index contributed by atoms with van der Waals surface area (Å²) in [5.41, 5.74) is 3.23. The second-order valence-electron chi connectivity index (χ2n) is 4.75. The van der Waals surface area contributed by atoms with Crippen LogP contribution in [-0.4, -0.2) is 24.4 Å². The molecule has 21 heavy (non-hydrogen) atoms. The fraction of sp³-hybridized carbons (Fsp3) is 0.286. The third kappa shape index (κ3) is 4.16. The van der Waals surface area contributed by atoms with Gasteiger partial charge in [-0.25, -0.2) is 8.42 Å². The summed E-state index contributed by atoms with van der Waals surface area (Å²) >= 11 is 0. The molecule has 0 aliphatic heterocycles. The lowest BCUT2D eigenvalue weighted by Crippen LogP contribution is -2.15. The topological polar surface area (TPSA) is 84.0 Å². The van der Waals surface area contributed by atoms with E-state index in [0.29, 0.717) is 5.82 Å². The smallest absolute Gasteiger partial charge is 0.233 e. The van der Waals surface area contributed by atoms with Gasteiger partial charge >= 0.3 is 0 Å². The Morgan fingerprint density at radius 2 is 1.71 bits per heavy atom. The SMILES string of the molecule is CCS(=O)(=O)Nc1ccc(Nc2ccc(C)cc2C)nn1. The zero-order valence-electron chi connectivity index (χ0n) is 12.2. The molecule has 0 spiro atoms. The third-order valence-corrected chi connectivity index (χ3v) is 4.23. The number of aromatic nitrogens is 2. The minimum absolute atomic E-state index is 0.00274. The molecule has 6 nitrogen and oxygen atoms in total. The Morgan fingerprint density at radius 3 is 2.29 bits per heavy atom. The first-order chi connectivity index (χ1) is 9.89. The molecule has 0 bridgehead atoms. The van der Waals surface area contributed by atoms with E-state index in [1.54, 1.807) is 19.1 Å². The van der Waals surface area contributed by atoms with Gasteiger partial charge in [-0.15, -0.1) is 10.2 Å². The molecule has 2 rings (SSSR count). The highest BCUT2D eigenvalue weighted by Crippen LogP contribution is 2.20. The number of nitrogens with one attached hydrogen (secondary N) is 2. The molecule has 0 aliphatic rings. The van der Waals surface area contributed by atoms with Gasteiger partial charge in [-0.3, -0.25) is 4.72 Å². The van der Waals surface area contributed by atoms with Crippen molar-refractivity contribution in [3.05, 3.63) is 41.5 Å². The average Bonchev–Trinajstić information content (AvgIpc) is 2.44. The number of rotatable bonds is 5. The van der Waals surface area contributed by atoms with Gasteiger partial charge in [0.2, 0.25) is 10.0 Å². The minimum atomic E-state index is -3.33. The van der Waals surface area contributed by atoms with Gasteiger partial charge in [0.15, 0.2) is 11.6 Å². The largest absolute Gasteiger partial charge is 0.339 e. The van der Waals surface area contributed by atoms with Gasteiger partial charge < -0.3 is 5.32 Å². The van der Waals surface area contributed by atoms with Crippen LogP contribution < -0.4 is 10.0 Å². The first-order valence-corrected chi connectivity index (χ1v) is 8.23. The maximum Gasteiger partial charge on any atom is 0.233 e. The van der Waals surface area contributed by atoms with E-state index in [2.05, 4.69) is 26.3 Å². The van der Waals surface area contributed by atoms with Gasteiger partial charge in [-0.1, -0.05) is 17.7 Å². The van der Waals surface area contributed by atoms with Crippen molar-refractivity contribution in [3.63, 3.8) is 0 Å². The molecule has 7 heteroatoms. The van der Waals surface area contributed by atoms with Crippen LogP contribution in [0.1, 0.15) is 18.1 Å². The van der Waals surface area contributed by atoms with Gasteiger partial charge in [0.05, 0.1) is 5.75 Å². The molecular formula is C14H18N4O2S. The Bertz CT molecular complexity index is 727. The minimum Gasteiger partial charge on any atom is -0.339 e. The maximum atomic E-state index is 11.4. The first kappa shape index (κ1) is 15.2. The molecule has 2 N–H and O–H groups in total. The average molecular weight is 306 g/mol. The Balaban J connectivity index is 2.12. The van der Waals surface area contributed by atoms with Gasteiger partial charge in [0.25, 0.3) is 0 Å². The predicted molar refractivity (Wildman–Crippen MR) is 84.3 cm³/mol. The fourth-order valence-electron chi connectivity index (χ4n) is 1.78. The van der Waals surface area contributed by atoms with Gasteiger partial charge in [-0.2, -0.15) is 0 Å². The zero-order chi connectivity index (χ0) is 15.5. The van der Waals surface area contributed by atoms with Gasteiger partial charge in [0, 0.05) is 5.69 Å². The molecule has 0 unspecified atom stereocenters. The lowest BCUT2D eigenvalue weighted by atomic mass is 10.1. The normalized spacial score (nSPS) is 11.2. The Morgan fingerprint density at radius 1 is 1.05 bits per heavy atom. The third-order valence-electron chi connectivity index (χ3n) is 2.95. The van der Waals surface area contributed by atoms with Crippen LogP contribution in [0.3, 0.4) is 0 Å². The molecular weight excluding hydrogens is 288 g/mol. The molecule has 112 valence electrons. The molecule has 0 atom stereocenters. The van der Waals surface area contributed by atoms with Crippen molar-refractivity contribution in [2.75, 3.05) is 15.8 Å². The molecule has 1 heterocycles. The monoisotopic (exact) mass is 306 g/mol. The predicted octanol–water partition coefficient (Wildman–Crippen LogP) is 2.60. The summed E-state index contributed by atoms with van der Waals surface area (Å²) in [5.74, 6) is 0.765. The zero-order valence-corrected chi connectivity index (χ0v) is 13.0. The number of hydrogen-bond donors (Lipinski definition) is 2. The molecule has 0 saturated heterocycles. The number of hydrogen-bond acceptors (Lipinski definition) is 5. The molecule has 0 amide bonds. The molecule has 0 aliphatic carbocycles. The highest BCUT2D eigenvalue weighted by Gasteiger charge is 2.08. The number of benzene rings is 1. The van der Waals surface area contributed by atoms with Gasteiger partial charge in [-0.05, 0) is 44.5 Å². The Kier molecular flexibility index (Phi) is 4.42. The summed E-state index contributed by atoms with van der Waals surface area (Å²) in [5, 5.41) is 11.0. The molecule has 1 aromatic heterocycles. The van der Waals surface area contributed by atoms with E-state index in [-0.39, 0.29) is 11.6 Å². The van der Waals surface area contributed by atoms with Crippen molar-refractivity contribution in [3.8, 4) is 0 Å². The molecule has 0 saturated carbocycles. The van der Waals surface area contributed by atoms with E-state index >= 15 is 0 Å². The van der Waals surface area contributed by atoms with Crippen LogP contribution in [0, 0.1) is 13.8 Å². The summed E-state index contributed by atoms with van der Waals surface area (Å²) in [6.07, 6.45) is 0. The van der Waals surface area contributed by atoms with Crippen LogP contribution >= 0.6 is 0 Å². The number of sulfonamides is 1. The molecule has 0 fully saturated rings. The van der Waals surface area contributed by atoms with Crippen LogP contribution in [0.2, 0.25) is 0 Å². The van der Waals surface area contributed by atoms with Crippen molar-refractivity contribution >= 4 is 27.3 Å². The fourth-order valence-corrected chi connectivity index (χ4v) is 2.35. The lowest BCUT2D eigenvalue weighted by Gasteiger charge is -2.10. The van der Waals surface area contributed by atoms with E-state index in [4.69, 9.17) is 0 Å². The van der Waals surface area contributed by atoms with Crippen LogP contribution in [0.15, 0.2) is 30.3 Å². The summed E-state index contributed by atoms with van der Waals surface area (Å²) in [6.45, 7) is 5.60. The van der Waals surface area contributed by atoms with E-state index in [0.717, 1.165) is 11.3 Å². The summed E-state index contributed by atoms with van der Waals surface area (Å²) in [7, 11) is -3.33. The summed E-state index contributed by atoms with van der Waals surface area (Å²) in [4.78, 5) is 0. The van der Waals surface area contributed by atoms with Crippen LogP contribution in [0.4, 0.5) is 17.3 Å². The molecule has 2 aromatic rings. The second-order valence-corrected chi connectivity index (χ2v) is 6.76. The number of nitrogens with zero attached hydrogens (tertiary/aromatic N) is 2. The Labute approximate surface area is 124 Å². The lowest BCUT2D eigenvalue weighted by molar-refractivity contribution is 0.602.